The van der Waals surface area contributed by atoms with E-state index in [0.29, 0.717) is 0 Å². The van der Waals surface area contributed by atoms with E-state index < -0.39 is 22.8 Å². The Morgan fingerprint density at radius 1 is 0.778 bits per heavy atom. The second kappa shape index (κ2) is 9.17. The molecule has 2 fully saturated rings. The monoisotopic (exact) mass is 415 g/mol. The highest BCUT2D eigenvalue weighted by atomic mass is 28.5. The van der Waals surface area contributed by atoms with E-state index in [1.165, 1.54) is 12.8 Å². The van der Waals surface area contributed by atoms with Crippen molar-refractivity contribution in [2.24, 2.45) is 10.3 Å². The number of nitrogens with zero attached hydrogens (tertiary/aromatic N) is 3. The lowest BCUT2D eigenvalue weighted by Gasteiger charge is -2.46. The summed E-state index contributed by atoms with van der Waals surface area (Å²) in [5, 5.41) is 8.51. The molecule has 8 heteroatoms. The minimum absolute atomic E-state index is 0.426. The molecule has 0 aliphatic heterocycles. The van der Waals surface area contributed by atoms with Crippen LogP contribution in [0.5, 0.6) is 0 Å². The smallest absolute Gasteiger partial charge is 0.368 e. The zero-order chi connectivity index (χ0) is 20.1. The van der Waals surface area contributed by atoms with Crippen molar-refractivity contribution in [3.63, 3.8) is 0 Å². The molecule has 0 unspecified atom stereocenters. The summed E-state index contributed by atoms with van der Waals surface area (Å²) in [6.45, 7) is 12.4. The van der Waals surface area contributed by atoms with Crippen molar-refractivity contribution in [3.8, 4) is 0 Å². The van der Waals surface area contributed by atoms with Gasteiger partial charge in [-0.15, -0.1) is 10.3 Å². The van der Waals surface area contributed by atoms with Gasteiger partial charge in [0.05, 0.1) is 11.4 Å². The summed E-state index contributed by atoms with van der Waals surface area (Å²) in [4.78, 5) is 0. The van der Waals surface area contributed by atoms with Crippen LogP contribution < -0.4 is 0 Å². The lowest BCUT2D eigenvalue weighted by Crippen LogP contribution is -2.70. The molecular weight excluding hydrogens is 377 g/mol. The van der Waals surface area contributed by atoms with Crippen molar-refractivity contribution in [2.75, 3.05) is 0 Å². The summed E-state index contributed by atoms with van der Waals surface area (Å²) in [6, 6.07) is 0. The molecule has 2 rings (SSSR count). The molecule has 5 nitrogen and oxygen atoms in total. The standard InChI is InChI=1S/C19H38FN3O2Si2/c1-19(2,3)23(26(4,5)6)27(20,24-21-17-13-9-7-10-14-17)25-22-18-15-11-8-12-16-18/h7-16H2,1-6H3. The maximum atomic E-state index is 16.4. The maximum Gasteiger partial charge on any atom is 0.813 e. The van der Waals surface area contributed by atoms with Gasteiger partial charge in [-0.3, -0.25) is 0 Å². The molecule has 2 aliphatic carbocycles. The Kier molecular flexibility index (Phi) is 7.66. The topological polar surface area (TPSA) is 46.4 Å². The van der Waals surface area contributed by atoms with Gasteiger partial charge >= 0.3 is 9.06 Å². The third-order valence-electron chi connectivity index (χ3n) is 5.04. The van der Waals surface area contributed by atoms with Crippen LogP contribution in [-0.4, -0.2) is 38.5 Å². The van der Waals surface area contributed by atoms with Crippen molar-refractivity contribution in [1.82, 2.24) is 4.23 Å². The fourth-order valence-electron chi connectivity index (χ4n) is 4.25. The van der Waals surface area contributed by atoms with E-state index in [9.17, 15) is 0 Å². The van der Waals surface area contributed by atoms with Gasteiger partial charge in [0.25, 0.3) is 0 Å². The molecular formula is C19H38FN3O2Si2. The van der Waals surface area contributed by atoms with E-state index >= 15 is 4.11 Å². The van der Waals surface area contributed by atoms with Gasteiger partial charge in [-0.25, -0.2) is 8.34 Å². The summed E-state index contributed by atoms with van der Waals surface area (Å²) in [5.74, 6) is 0. The highest BCUT2D eigenvalue weighted by molar-refractivity contribution is 6.83. The van der Waals surface area contributed by atoms with Crippen LogP contribution in [-0.2, 0) is 9.05 Å². The normalized spacial score (nSPS) is 19.9. The molecule has 156 valence electrons. The first-order valence-corrected chi connectivity index (χ1v) is 15.6. The molecule has 0 N–H and O–H groups in total. The number of hydrogen-bond donors (Lipinski definition) is 0. The number of rotatable bonds is 6. The molecule has 0 bridgehead atoms. The van der Waals surface area contributed by atoms with E-state index in [1.807, 2.05) is 25.0 Å². The summed E-state index contributed by atoms with van der Waals surface area (Å²) < 4.78 is 29.6. The van der Waals surface area contributed by atoms with Crippen molar-refractivity contribution < 1.29 is 13.2 Å². The van der Waals surface area contributed by atoms with Crippen LogP contribution in [0.15, 0.2) is 10.3 Å². The minimum Gasteiger partial charge on any atom is -0.368 e. The second-order valence-electron chi connectivity index (χ2n) is 9.80. The summed E-state index contributed by atoms with van der Waals surface area (Å²) >= 11 is 0. The first-order chi connectivity index (χ1) is 12.5. The lowest BCUT2D eigenvalue weighted by atomic mass is 9.99. The van der Waals surface area contributed by atoms with Crippen LogP contribution >= 0.6 is 0 Å². The molecule has 0 heterocycles. The van der Waals surface area contributed by atoms with Gasteiger partial charge in [-0.1, -0.05) is 32.5 Å². The van der Waals surface area contributed by atoms with Crippen LogP contribution in [0, 0.1) is 0 Å². The van der Waals surface area contributed by atoms with E-state index in [1.54, 1.807) is 0 Å². The Balaban J connectivity index is 2.29. The van der Waals surface area contributed by atoms with Gasteiger partial charge in [0.15, 0.2) is 0 Å². The van der Waals surface area contributed by atoms with Crippen molar-refractivity contribution in [1.29, 1.82) is 0 Å². The predicted octanol–water partition coefficient (Wildman–Crippen LogP) is 6.00. The average molecular weight is 416 g/mol. The van der Waals surface area contributed by atoms with E-state index in [-0.39, 0.29) is 0 Å². The Labute approximate surface area is 166 Å². The van der Waals surface area contributed by atoms with Gasteiger partial charge in [0, 0.05) is 5.54 Å². The first kappa shape index (κ1) is 22.6. The van der Waals surface area contributed by atoms with Gasteiger partial charge in [0.2, 0.25) is 0 Å². The fourth-order valence-corrected chi connectivity index (χ4v) is 11.2. The quantitative estimate of drug-likeness (QED) is 0.303. The van der Waals surface area contributed by atoms with Crippen LogP contribution in [0.25, 0.3) is 0 Å². The Bertz CT molecular complexity index is 496. The van der Waals surface area contributed by atoms with Crippen molar-refractivity contribution in [3.05, 3.63) is 0 Å². The lowest BCUT2D eigenvalue weighted by molar-refractivity contribution is 0.0725. The molecule has 2 aliphatic rings. The molecule has 0 spiro atoms. The van der Waals surface area contributed by atoms with Crippen LogP contribution in [0.4, 0.5) is 4.11 Å². The van der Waals surface area contributed by atoms with E-state index in [4.69, 9.17) is 9.05 Å². The number of halogens is 1. The first-order valence-electron chi connectivity index (χ1n) is 10.5. The average Bonchev–Trinajstić information content (AvgIpc) is 2.58. The maximum absolute atomic E-state index is 16.4. The molecule has 0 radical (unpaired) electrons. The Morgan fingerprint density at radius 2 is 1.15 bits per heavy atom. The minimum atomic E-state index is -4.30. The van der Waals surface area contributed by atoms with Gasteiger partial charge in [0.1, 0.15) is 8.24 Å². The zero-order valence-electron chi connectivity index (χ0n) is 18.1. The summed E-state index contributed by atoms with van der Waals surface area (Å²) in [5.41, 5.74) is 1.48. The largest absolute Gasteiger partial charge is 0.813 e. The highest BCUT2D eigenvalue weighted by Gasteiger charge is 2.63. The van der Waals surface area contributed by atoms with E-state index in [0.717, 1.165) is 62.8 Å². The molecule has 0 aromatic carbocycles. The predicted molar refractivity (Wildman–Crippen MR) is 115 cm³/mol. The third kappa shape index (κ3) is 6.67. The second-order valence-corrected chi connectivity index (χ2v) is 16.9. The molecule has 0 saturated heterocycles. The SMILES string of the molecule is CC(C)(C)N([Si](C)(C)C)[Si](F)(ON=C1CCCCC1)ON=C1CCCCC1. The van der Waals surface area contributed by atoms with Crippen LogP contribution in [0.3, 0.4) is 0 Å². The zero-order valence-corrected chi connectivity index (χ0v) is 20.1. The van der Waals surface area contributed by atoms with Gasteiger partial charge in [-0.2, -0.15) is 0 Å². The third-order valence-corrected chi connectivity index (χ3v) is 11.7. The van der Waals surface area contributed by atoms with Crippen molar-refractivity contribution in [2.45, 2.75) is 110 Å². The van der Waals surface area contributed by atoms with Gasteiger partial charge < -0.3 is 9.05 Å². The molecule has 0 atom stereocenters. The van der Waals surface area contributed by atoms with Crippen LogP contribution in [0.2, 0.25) is 19.6 Å². The van der Waals surface area contributed by atoms with Crippen LogP contribution in [0.1, 0.15) is 85.0 Å². The molecule has 0 aromatic rings. The van der Waals surface area contributed by atoms with E-state index in [2.05, 4.69) is 30.0 Å². The Morgan fingerprint density at radius 3 is 1.44 bits per heavy atom. The molecule has 2 saturated carbocycles. The molecule has 0 amide bonds. The highest BCUT2D eigenvalue weighted by Crippen LogP contribution is 2.33. The molecule has 0 aromatic heterocycles. The summed E-state index contributed by atoms with van der Waals surface area (Å²) in [6.07, 6.45) is 10.4. The number of oxime groups is 2. The number of hydrogen-bond acceptors (Lipinski definition) is 5. The van der Waals surface area contributed by atoms with Gasteiger partial charge in [-0.05, 0) is 72.1 Å². The Hall–Kier alpha value is -0.736. The van der Waals surface area contributed by atoms with Crippen molar-refractivity contribution >= 4 is 28.7 Å². The fraction of sp³-hybridized carbons (Fsp3) is 0.895. The molecule has 27 heavy (non-hydrogen) atoms. The summed E-state index contributed by atoms with van der Waals surface area (Å²) in [7, 11) is -6.40.